The van der Waals surface area contributed by atoms with E-state index in [0.29, 0.717) is 18.9 Å². The Morgan fingerprint density at radius 2 is 1.83 bits per heavy atom. The first-order valence-electron chi connectivity index (χ1n) is 13.6. The minimum absolute atomic E-state index is 0.0110. The summed E-state index contributed by atoms with van der Waals surface area (Å²) < 4.78 is 6.01. The van der Waals surface area contributed by atoms with Gasteiger partial charge in [-0.25, -0.2) is 5.43 Å². The molecule has 4 atom stereocenters. The summed E-state index contributed by atoms with van der Waals surface area (Å²) in [5.41, 5.74) is 6.77. The van der Waals surface area contributed by atoms with Gasteiger partial charge in [0.15, 0.2) is 0 Å². The molecule has 1 amide bonds. The zero-order valence-corrected chi connectivity index (χ0v) is 21.0. The van der Waals surface area contributed by atoms with E-state index in [2.05, 4.69) is 43.1 Å². The maximum absolute atomic E-state index is 12.8. The summed E-state index contributed by atoms with van der Waals surface area (Å²) in [5, 5.41) is 23.3. The predicted molar refractivity (Wildman–Crippen MR) is 138 cm³/mol. The van der Waals surface area contributed by atoms with Crippen LogP contribution in [0.1, 0.15) is 38.5 Å². The number of nitrogens with one attached hydrogen (secondary N) is 6. The largest absolute Gasteiger partial charge is 0.494 e. The molecule has 0 radical (unpaired) electrons. The lowest BCUT2D eigenvalue weighted by atomic mass is 9.90. The molecule has 0 aliphatic carbocycles. The summed E-state index contributed by atoms with van der Waals surface area (Å²) in [5.74, 6) is 1.85. The van der Waals surface area contributed by atoms with E-state index in [1.807, 2.05) is 24.3 Å². The maximum atomic E-state index is 12.8. The molecule has 6 N–H and O–H groups in total. The van der Waals surface area contributed by atoms with Gasteiger partial charge in [-0.3, -0.25) is 25.8 Å². The number of ether oxygens (including phenoxy) is 1. The van der Waals surface area contributed by atoms with Gasteiger partial charge in [0.05, 0.1) is 24.8 Å². The molecule has 4 aliphatic heterocycles. The minimum Gasteiger partial charge on any atom is -0.494 e. The van der Waals surface area contributed by atoms with E-state index in [9.17, 15) is 4.79 Å². The molecule has 0 saturated carbocycles. The van der Waals surface area contributed by atoms with E-state index in [4.69, 9.17) is 10.00 Å². The van der Waals surface area contributed by atoms with Crippen molar-refractivity contribution in [3.63, 3.8) is 0 Å². The van der Waals surface area contributed by atoms with Crippen molar-refractivity contribution in [3.05, 3.63) is 24.3 Å². The summed E-state index contributed by atoms with van der Waals surface area (Å²) in [4.78, 5) is 15.2. The molecule has 1 aromatic carbocycles. The monoisotopic (exact) mass is 496 g/mol. The third-order valence-corrected chi connectivity index (χ3v) is 8.16. The highest BCUT2D eigenvalue weighted by molar-refractivity contribution is 5.81. The number of hydrazine groups is 1. The number of carbonyl (C=O) groups excluding carboxylic acids is 1. The van der Waals surface area contributed by atoms with Crippen LogP contribution in [0.15, 0.2) is 24.3 Å². The molecule has 0 spiro atoms. The first-order chi connectivity index (χ1) is 17.7. The Morgan fingerprint density at radius 3 is 2.58 bits per heavy atom. The second kappa shape index (κ2) is 12.2. The van der Waals surface area contributed by atoms with Crippen molar-refractivity contribution in [2.24, 2.45) is 17.8 Å². The fraction of sp³-hybridized carbons (Fsp3) is 0.692. The Kier molecular flexibility index (Phi) is 8.56. The maximum Gasteiger partial charge on any atom is 0.242 e. The van der Waals surface area contributed by atoms with Crippen LogP contribution in [0.4, 0.5) is 5.69 Å². The normalized spacial score (nSPS) is 30.1. The van der Waals surface area contributed by atoms with E-state index in [-0.39, 0.29) is 30.3 Å². The number of piperidine rings is 2. The van der Waals surface area contributed by atoms with Gasteiger partial charge >= 0.3 is 0 Å². The first kappa shape index (κ1) is 25.2. The fourth-order valence-corrected chi connectivity index (χ4v) is 5.94. The summed E-state index contributed by atoms with van der Waals surface area (Å²) in [7, 11) is 0. The van der Waals surface area contributed by atoms with Crippen LogP contribution in [0.5, 0.6) is 5.75 Å². The van der Waals surface area contributed by atoms with Crippen molar-refractivity contribution in [2.75, 3.05) is 44.6 Å². The SMILES string of the molecule is N#CCC1CCN(C2NC3CNNC(=O)C3C(Nc3ccc(OCCC4CCNCC4)cc3)N2)CC1. The number of nitrogens with zero attached hydrogens (tertiary/aromatic N) is 2. The van der Waals surface area contributed by atoms with Gasteiger partial charge in [0.2, 0.25) is 5.91 Å². The van der Waals surface area contributed by atoms with Crippen molar-refractivity contribution < 1.29 is 9.53 Å². The topological polar surface area (TPSA) is 126 Å². The molecule has 4 fully saturated rings. The molecule has 4 unspecified atom stereocenters. The lowest BCUT2D eigenvalue weighted by molar-refractivity contribution is -0.132. The molecule has 0 aromatic heterocycles. The molecular weight excluding hydrogens is 456 g/mol. The van der Waals surface area contributed by atoms with Crippen LogP contribution in [0.3, 0.4) is 0 Å². The molecule has 196 valence electrons. The van der Waals surface area contributed by atoms with Crippen molar-refractivity contribution in [1.82, 2.24) is 31.7 Å². The average molecular weight is 497 g/mol. The number of fused-ring (bicyclic) bond motifs is 1. The van der Waals surface area contributed by atoms with Crippen LogP contribution in [-0.4, -0.2) is 68.6 Å². The second-order valence-corrected chi connectivity index (χ2v) is 10.6. The highest BCUT2D eigenvalue weighted by atomic mass is 16.5. The summed E-state index contributed by atoms with van der Waals surface area (Å²) >= 11 is 0. The second-order valence-electron chi connectivity index (χ2n) is 10.6. The number of hydrogen-bond acceptors (Lipinski definition) is 9. The molecule has 0 bridgehead atoms. The average Bonchev–Trinajstić information content (AvgIpc) is 2.91. The van der Waals surface area contributed by atoms with Gasteiger partial charge in [0.25, 0.3) is 0 Å². The Bertz CT molecular complexity index is 892. The predicted octanol–water partition coefficient (Wildman–Crippen LogP) is 0.914. The number of amides is 1. The molecule has 4 aliphatic rings. The van der Waals surface area contributed by atoms with Crippen molar-refractivity contribution in [2.45, 2.75) is 57.0 Å². The number of anilines is 1. The van der Waals surface area contributed by atoms with Crippen LogP contribution >= 0.6 is 0 Å². The molecule has 4 saturated heterocycles. The van der Waals surface area contributed by atoms with Gasteiger partial charge in [-0.2, -0.15) is 5.26 Å². The van der Waals surface area contributed by atoms with Crippen molar-refractivity contribution >= 4 is 11.6 Å². The van der Waals surface area contributed by atoms with Crippen LogP contribution in [0.2, 0.25) is 0 Å². The smallest absolute Gasteiger partial charge is 0.242 e. The third kappa shape index (κ3) is 6.28. The highest BCUT2D eigenvalue weighted by Gasteiger charge is 2.45. The summed E-state index contributed by atoms with van der Waals surface area (Å²) in [6, 6.07) is 10.4. The van der Waals surface area contributed by atoms with Crippen LogP contribution in [0, 0.1) is 29.1 Å². The quantitative estimate of drug-likeness (QED) is 0.312. The molecule has 5 rings (SSSR count). The molecular formula is C26H40N8O2. The molecule has 36 heavy (non-hydrogen) atoms. The fourth-order valence-electron chi connectivity index (χ4n) is 5.94. The molecule has 10 nitrogen and oxygen atoms in total. The van der Waals surface area contributed by atoms with E-state index < -0.39 is 0 Å². The van der Waals surface area contributed by atoms with E-state index in [0.717, 1.165) is 69.4 Å². The van der Waals surface area contributed by atoms with Gasteiger partial charge < -0.3 is 15.4 Å². The standard InChI is InChI=1S/C26H40N8O2/c27-11-5-18-8-14-34(15-9-18)26-31-22-17-29-33-25(35)23(22)24(32-26)30-20-1-3-21(4-2-20)36-16-10-19-6-12-28-13-7-19/h1-4,18-19,22-24,26,28-32H,5-10,12-17H2,(H,33,35). The lowest BCUT2D eigenvalue weighted by Gasteiger charge is -2.49. The molecule has 10 heteroatoms. The van der Waals surface area contributed by atoms with Crippen LogP contribution in [-0.2, 0) is 4.79 Å². The van der Waals surface area contributed by atoms with Gasteiger partial charge in [-0.1, -0.05) is 0 Å². The minimum atomic E-state index is -0.250. The summed E-state index contributed by atoms with van der Waals surface area (Å²) in [6.07, 6.45) is 6.01. The number of rotatable bonds is 8. The van der Waals surface area contributed by atoms with Crippen molar-refractivity contribution in [1.29, 1.82) is 5.26 Å². The van der Waals surface area contributed by atoms with Crippen LogP contribution in [0.25, 0.3) is 0 Å². The van der Waals surface area contributed by atoms with Gasteiger partial charge in [0.1, 0.15) is 12.0 Å². The Labute approximate surface area is 213 Å². The Balaban J connectivity index is 1.18. The third-order valence-electron chi connectivity index (χ3n) is 8.16. The Hall–Kier alpha value is -2.42. The van der Waals surface area contributed by atoms with Crippen molar-refractivity contribution in [3.8, 4) is 11.8 Å². The molecule has 1 aromatic rings. The molecule has 4 heterocycles. The number of carbonyl (C=O) groups is 1. The lowest BCUT2D eigenvalue weighted by Crippen LogP contribution is -2.77. The van der Waals surface area contributed by atoms with Gasteiger partial charge in [-0.15, -0.1) is 0 Å². The van der Waals surface area contributed by atoms with E-state index in [1.165, 1.54) is 12.8 Å². The van der Waals surface area contributed by atoms with Gasteiger partial charge in [-0.05, 0) is 81.3 Å². The first-order valence-corrected chi connectivity index (χ1v) is 13.6. The number of likely N-dealkylation sites (tertiary alicyclic amines) is 1. The number of hydrogen-bond donors (Lipinski definition) is 6. The zero-order chi connectivity index (χ0) is 24.7. The zero-order valence-electron chi connectivity index (χ0n) is 21.0. The van der Waals surface area contributed by atoms with E-state index >= 15 is 0 Å². The van der Waals surface area contributed by atoms with Crippen LogP contribution < -0.4 is 36.9 Å². The van der Waals surface area contributed by atoms with Gasteiger partial charge in [0, 0.05) is 37.8 Å². The highest BCUT2D eigenvalue weighted by Crippen LogP contribution is 2.26. The van der Waals surface area contributed by atoms with E-state index in [1.54, 1.807) is 0 Å². The number of benzene rings is 1. The summed E-state index contributed by atoms with van der Waals surface area (Å²) in [6.45, 7) is 5.52. The Morgan fingerprint density at radius 1 is 1.06 bits per heavy atom. The number of nitriles is 1.